The third kappa shape index (κ3) is 3.03. The molecular weight excluding hydrogens is 276 g/mol. The van der Waals surface area contributed by atoms with E-state index in [1.165, 1.54) is 0 Å². The van der Waals surface area contributed by atoms with E-state index in [0.717, 1.165) is 23.2 Å². The average molecular weight is 294 g/mol. The van der Waals surface area contributed by atoms with Gasteiger partial charge in [-0.3, -0.25) is 0 Å². The van der Waals surface area contributed by atoms with Gasteiger partial charge < -0.3 is 10.4 Å². The molecule has 1 fully saturated rings. The molecule has 0 bridgehead atoms. The molecule has 22 heavy (non-hydrogen) atoms. The Balaban J connectivity index is 1.65. The van der Waals surface area contributed by atoms with Crippen LogP contribution in [0.2, 0.25) is 0 Å². The molecule has 0 saturated carbocycles. The Morgan fingerprint density at radius 3 is 2.64 bits per heavy atom. The highest BCUT2D eigenvalue weighted by Crippen LogP contribution is 2.26. The smallest absolute Gasteiger partial charge is 0.115 e. The van der Waals surface area contributed by atoms with Crippen molar-refractivity contribution in [3.05, 3.63) is 59.2 Å². The molecule has 2 aromatic carbocycles. The number of nitrogens with one attached hydrogen (secondary N) is 3. The lowest BCUT2D eigenvalue weighted by atomic mass is 10.0. The van der Waals surface area contributed by atoms with Gasteiger partial charge in [-0.05, 0) is 48.4 Å². The van der Waals surface area contributed by atoms with Crippen LogP contribution < -0.4 is 16.2 Å². The highest BCUT2D eigenvalue weighted by molar-refractivity contribution is 5.54. The molecular formula is C17H18N4O. The van der Waals surface area contributed by atoms with Crippen molar-refractivity contribution in [1.29, 1.82) is 5.26 Å². The molecule has 4 N–H and O–H groups in total. The standard InChI is InChI=1S/C17H18N4O/c1-11-8-14(22)6-7-15(11)19-17-9-16(20-21-17)13-4-2-12(10-18)3-5-13/h2-8,16-17,19-22H,9H2,1H3. The van der Waals surface area contributed by atoms with Crippen LogP contribution in [0, 0.1) is 18.3 Å². The van der Waals surface area contributed by atoms with Crippen LogP contribution in [0.25, 0.3) is 0 Å². The summed E-state index contributed by atoms with van der Waals surface area (Å²) in [5.41, 5.74) is 10.3. The van der Waals surface area contributed by atoms with E-state index in [2.05, 4.69) is 22.2 Å². The molecule has 0 aromatic heterocycles. The Morgan fingerprint density at radius 1 is 1.18 bits per heavy atom. The number of aromatic hydroxyl groups is 1. The highest BCUT2D eigenvalue weighted by Gasteiger charge is 2.25. The minimum atomic E-state index is 0.101. The van der Waals surface area contributed by atoms with Crippen LogP contribution >= 0.6 is 0 Å². The first-order chi connectivity index (χ1) is 10.7. The number of phenols is 1. The lowest BCUT2D eigenvalue weighted by molar-refractivity contribution is 0.475. The third-order valence-electron chi connectivity index (χ3n) is 3.89. The molecule has 1 heterocycles. The second-order valence-electron chi connectivity index (χ2n) is 5.51. The van der Waals surface area contributed by atoms with E-state index in [1.807, 2.05) is 37.3 Å². The van der Waals surface area contributed by atoms with Crippen LogP contribution in [0.15, 0.2) is 42.5 Å². The summed E-state index contributed by atoms with van der Waals surface area (Å²) < 4.78 is 0. The van der Waals surface area contributed by atoms with Gasteiger partial charge in [0.25, 0.3) is 0 Å². The van der Waals surface area contributed by atoms with E-state index >= 15 is 0 Å². The van der Waals surface area contributed by atoms with Gasteiger partial charge >= 0.3 is 0 Å². The minimum Gasteiger partial charge on any atom is -0.508 e. The average Bonchev–Trinajstić information content (AvgIpc) is 2.99. The molecule has 1 aliphatic rings. The fourth-order valence-corrected chi connectivity index (χ4v) is 2.66. The Hall–Kier alpha value is -2.55. The number of phenolic OH excluding ortho intramolecular Hbond substituents is 1. The molecule has 0 radical (unpaired) electrons. The summed E-state index contributed by atoms with van der Waals surface area (Å²) in [5.74, 6) is 0.274. The number of hydrogen-bond donors (Lipinski definition) is 4. The van der Waals surface area contributed by atoms with Crippen LogP contribution in [-0.4, -0.2) is 11.3 Å². The molecule has 2 aromatic rings. The number of hydrazine groups is 1. The zero-order valence-corrected chi connectivity index (χ0v) is 12.3. The number of anilines is 1. The molecule has 0 spiro atoms. The largest absolute Gasteiger partial charge is 0.508 e. The van der Waals surface area contributed by atoms with E-state index in [4.69, 9.17) is 5.26 Å². The first kappa shape index (κ1) is 14.4. The van der Waals surface area contributed by atoms with Gasteiger partial charge in [0.2, 0.25) is 0 Å². The summed E-state index contributed by atoms with van der Waals surface area (Å²) in [6, 6.07) is 15.2. The summed E-state index contributed by atoms with van der Waals surface area (Å²) in [4.78, 5) is 0. The Labute approximate surface area is 129 Å². The van der Waals surface area contributed by atoms with Crippen molar-refractivity contribution in [2.24, 2.45) is 0 Å². The van der Waals surface area contributed by atoms with Gasteiger partial charge in [0, 0.05) is 18.2 Å². The summed E-state index contributed by atoms with van der Waals surface area (Å²) in [6.07, 6.45) is 0.982. The SMILES string of the molecule is Cc1cc(O)ccc1NC1CC(c2ccc(C#N)cc2)NN1. The number of nitrogens with zero attached hydrogens (tertiary/aromatic N) is 1. The van der Waals surface area contributed by atoms with Gasteiger partial charge in [-0.25, -0.2) is 10.9 Å². The van der Waals surface area contributed by atoms with Crippen molar-refractivity contribution in [1.82, 2.24) is 10.9 Å². The van der Waals surface area contributed by atoms with Crippen LogP contribution in [-0.2, 0) is 0 Å². The monoisotopic (exact) mass is 294 g/mol. The Kier molecular flexibility index (Phi) is 3.96. The normalized spacial score (nSPS) is 20.5. The maximum absolute atomic E-state index is 9.45. The fraction of sp³-hybridized carbons (Fsp3) is 0.235. The molecule has 1 aliphatic heterocycles. The van der Waals surface area contributed by atoms with Crippen molar-refractivity contribution in [2.75, 3.05) is 5.32 Å². The molecule has 1 saturated heterocycles. The van der Waals surface area contributed by atoms with E-state index in [0.29, 0.717) is 5.56 Å². The molecule has 5 nitrogen and oxygen atoms in total. The zero-order valence-electron chi connectivity index (χ0n) is 12.3. The quantitative estimate of drug-likeness (QED) is 0.654. The van der Waals surface area contributed by atoms with Gasteiger partial charge in [-0.15, -0.1) is 0 Å². The summed E-state index contributed by atoms with van der Waals surface area (Å²) in [5, 5.41) is 21.7. The van der Waals surface area contributed by atoms with Crippen molar-refractivity contribution < 1.29 is 5.11 Å². The molecule has 112 valence electrons. The number of benzene rings is 2. The number of rotatable bonds is 3. The number of aryl methyl sites for hydroxylation is 1. The summed E-state index contributed by atoms with van der Waals surface area (Å²) >= 11 is 0. The van der Waals surface area contributed by atoms with Gasteiger partial charge in [0.05, 0.1) is 17.8 Å². The summed E-state index contributed by atoms with van der Waals surface area (Å²) in [6.45, 7) is 1.96. The summed E-state index contributed by atoms with van der Waals surface area (Å²) in [7, 11) is 0. The maximum Gasteiger partial charge on any atom is 0.115 e. The van der Waals surface area contributed by atoms with Crippen LogP contribution in [0.5, 0.6) is 5.75 Å². The predicted octanol–water partition coefficient (Wildman–Crippen LogP) is 2.55. The number of nitriles is 1. The third-order valence-corrected chi connectivity index (χ3v) is 3.89. The van der Waals surface area contributed by atoms with E-state index in [1.54, 1.807) is 12.1 Å². The van der Waals surface area contributed by atoms with Crippen molar-refractivity contribution in [3.8, 4) is 11.8 Å². The Morgan fingerprint density at radius 2 is 1.95 bits per heavy atom. The van der Waals surface area contributed by atoms with Crippen LogP contribution in [0.1, 0.15) is 29.2 Å². The van der Waals surface area contributed by atoms with Gasteiger partial charge in [-0.1, -0.05) is 12.1 Å². The second kappa shape index (κ2) is 6.06. The van der Waals surface area contributed by atoms with Crippen molar-refractivity contribution in [3.63, 3.8) is 0 Å². The van der Waals surface area contributed by atoms with Crippen LogP contribution in [0.4, 0.5) is 5.69 Å². The molecule has 0 amide bonds. The van der Waals surface area contributed by atoms with Gasteiger partial charge in [-0.2, -0.15) is 5.26 Å². The first-order valence-corrected chi connectivity index (χ1v) is 7.23. The molecule has 2 unspecified atom stereocenters. The molecule has 2 atom stereocenters. The maximum atomic E-state index is 9.45. The van der Waals surface area contributed by atoms with Crippen LogP contribution in [0.3, 0.4) is 0 Å². The molecule has 0 aliphatic carbocycles. The highest BCUT2D eigenvalue weighted by atomic mass is 16.3. The van der Waals surface area contributed by atoms with E-state index in [9.17, 15) is 5.11 Å². The van der Waals surface area contributed by atoms with Gasteiger partial charge in [0.1, 0.15) is 5.75 Å². The number of hydrogen-bond acceptors (Lipinski definition) is 5. The lowest BCUT2D eigenvalue weighted by Crippen LogP contribution is -2.36. The fourth-order valence-electron chi connectivity index (χ4n) is 2.66. The second-order valence-corrected chi connectivity index (χ2v) is 5.51. The predicted molar refractivity (Wildman–Crippen MR) is 85.0 cm³/mol. The Bertz CT molecular complexity index is 706. The lowest BCUT2D eigenvalue weighted by Gasteiger charge is -2.16. The van der Waals surface area contributed by atoms with E-state index < -0.39 is 0 Å². The minimum absolute atomic E-state index is 0.101. The van der Waals surface area contributed by atoms with Crippen molar-refractivity contribution in [2.45, 2.75) is 25.6 Å². The topological polar surface area (TPSA) is 80.1 Å². The van der Waals surface area contributed by atoms with Gasteiger partial charge in [0.15, 0.2) is 0 Å². The molecule has 3 rings (SSSR count). The zero-order chi connectivity index (χ0) is 15.5. The van der Waals surface area contributed by atoms with Crippen molar-refractivity contribution >= 4 is 5.69 Å². The van der Waals surface area contributed by atoms with E-state index in [-0.39, 0.29) is 18.0 Å². The molecule has 5 heteroatoms. The first-order valence-electron chi connectivity index (χ1n) is 7.23.